The second-order valence-electron chi connectivity index (χ2n) is 4.61. The molecule has 2 saturated heterocycles. The van der Waals surface area contributed by atoms with Crippen LogP contribution in [0.3, 0.4) is 0 Å². The van der Waals surface area contributed by atoms with Gasteiger partial charge in [-0.15, -0.1) is 0 Å². The molecule has 5 nitrogen and oxygen atoms in total. The fraction of sp³-hybridized carbons (Fsp3) is 1.00. The number of likely N-dealkylation sites (tertiary alicyclic amines) is 1. The lowest BCUT2D eigenvalue weighted by atomic mass is 10.0. The molecule has 6 heteroatoms. The lowest BCUT2D eigenvalue weighted by molar-refractivity contribution is 0.0653. The molecule has 88 valence electrons. The molecule has 2 aliphatic heterocycles. The largest absolute Gasteiger partial charge is 0.390 e. The Balaban J connectivity index is 2.04. The third-order valence-corrected chi connectivity index (χ3v) is 4.95. The fourth-order valence-corrected chi connectivity index (χ4v) is 4.33. The minimum atomic E-state index is -3.04. The van der Waals surface area contributed by atoms with E-state index in [2.05, 4.69) is 0 Å². The van der Waals surface area contributed by atoms with E-state index in [1.807, 2.05) is 4.90 Å². The zero-order valence-corrected chi connectivity index (χ0v) is 9.49. The Hall–Kier alpha value is -0.170. The standard InChI is InChI=1S/C9H18N2O3S/c10-7-2-1-3-11(4-7)8-5-15(13,14)6-9(8)12/h7-9,12H,1-6,10H2. The first-order valence-electron chi connectivity index (χ1n) is 5.36. The normalized spacial score (nSPS) is 41.9. The average molecular weight is 234 g/mol. The van der Waals surface area contributed by atoms with Crippen molar-refractivity contribution < 1.29 is 13.5 Å². The fourth-order valence-electron chi connectivity index (χ4n) is 2.50. The Morgan fingerprint density at radius 2 is 2.07 bits per heavy atom. The van der Waals surface area contributed by atoms with Gasteiger partial charge in [-0.3, -0.25) is 4.90 Å². The van der Waals surface area contributed by atoms with Crippen molar-refractivity contribution in [1.29, 1.82) is 0 Å². The van der Waals surface area contributed by atoms with Gasteiger partial charge < -0.3 is 10.8 Å². The highest BCUT2D eigenvalue weighted by molar-refractivity contribution is 7.91. The monoisotopic (exact) mass is 234 g/mol. The summed E-state index contributed by atoms with van der Waals surface area (Å²) >= 11 is 0. The van der Waals surface area contributed by atoms with Gasteiger partial charge in [-0.05, 0) is 19.4 Å². The molecule has 2 aliphatic rings. The van der Waals surface area contributed by atoms with Crippen LogP contribution in [-0.4, -0.2) is 61.2 Å². The van der Waals surface area contributed by atoms with Crippen LogP contribution in [0.5, 0.6) is 0 Å². The molecule has 0 aromatic carbocycles. The number of aliphatic hydroxyl groups excluding tert-OH is 1. The first kappa shape index (κ1) is 11.3. The van der Waals surface area contributed by atoms with Crippen molar-refractivity contribution in [1.82, 2.24) is 4.90 Å². The maximum atomic E-state index is 11.4. The van der Waals surface area contributed by atoms with Crippen molar-refractivity contribution in [3.63, 3.8) is 0 Å². The summed E-state index contributed by atoms with van der Waals surface area (Å²) in [5.41, 5.74) is 5.83. The molecule has 2 rings (SSSR count). The van der Waals surface area contributed by atoms with Crippen molar-refractivity contribution in [3.05, 3.63) is 0 Å². The summed E-state index contributed by atoms with van der Waals surface area (Å²) in [5.74, 6) is -0.00963. The van der Waals surface area contributed by atoms with Gasteiger partial charge in [0.15, 0.2) is 9.84 Å². The predicted molar refractivity (Wildman–Crippen MR) is 57.2 cm³/mol. The molecule has 3 unspecified atom stereocenters. The Labute approximate surface area is 90.2 Å². The van der Waals surface area contributed by atoms with Crippen molar-refractivity contribution >= 4 is 9.84 Å². The zero-order chi connectivity index (χ0) is 11.1. The topological polar surface area (TPSA) is 83.6 Å². The van der Waals surface area contributed by atoms with Crippen LogP contribution >= 0.6 is 0 Å². The molecule has 0 aliphatic carbocycles. The van der Waals surface area contributed by atoms with Gasteiger partial charge in [0.1, 0.15) is 0 Å². The van der Waals surface area contributed by atoms with E-state index in [0.717, 1.165) is 19.4 Å². The second kappa shape index (κ2) is 4.01. The van der Waals surface area contributed by atoms with Crippen LogP contribution in [-0.2, 0) is 9.84 Å². The lowest BCUT2D eigenvalue weighted by Crippen LogP contribution is -2.51. The van der Waals surface area contributed by atoms with Crippen molar-refractivity contribution in [2.45, 2.75) is 31.0 Å². The van der Waals surface area contributed by atoms with E-state index in [0.29, 0.717) is 6.54 Å². The summed E-state index contributed by atoms with van der Waals surface area (Å²) in [6.45, 7) is 1.56. The Morgan fingerprint density at radius 3 is 2.60 bits per heavy atom. The quantitative estimate of drug-likeness (QED) is 0.581. The van der Waals surface area contributed by atoms with E-state index in [-0.39, 0.29) is 23.6 Å². The summed E-state index contributed by atoms with van der Waals surface area (Å²) in [4.78, 5) is 2.03. The van der Waals surface area contributed by atoms with Crippen LogP contribution in [0.1, 0.15) is 12.8 Å². The summed E-state index contributed by atoms with van der Waals surface area (Å²) in [6.07, 6.45) is 1.25. The van der Waals surface area contributed by atoms with Gasteiger partial charge in [-0.2, -0.15) is 0 Å². The highest BCUT2D eigenvalue weighted by Crippen LogP contribution is 2.21. The molecule has 0 amide bonds. The average Bonchev–Trinajstić information content (AvgIpc) is 2.40. The van der Waals surface area contributed by atoms with E-state index in [4.69, 9.17) is 5.73 Å². The van der Waals surface area contributed by atoms with Crippen LogP contribution in [0, 0.1) is 0 Å². The number of hydrogen-bond donors (Lipinski definition) is 2. The third-order valence-electron chi connectivity index (χ3n) is 3.25. The number of hydrogen-bond acceptors (Lipinski definition) is 5. The van der Waals surface area contributed by atoms with Gasteiger partial charge in [0.25, 0.3) is 0 Å². The van der Waals surface area contributed by atoms with E-state index in [1.165, 1.54) is 0 Å². The van der Waals surface area contributed by atoms with Crippen molar-refractivity contribution in [3.8, 4) is 0 Å². The first-order chi connectivity index (χ1) is 6.98. The number of piperidine rings is 1. The third kappa shape index (κ3) is 2.50. The Morgan fingerprint density at radius 1 is 1.33 bits per heavy atom. The minimum absolute atomic E-state index is 0.0842. The molecular formula is C9H18N2O3S. The number of aliphatic hydroxyl groups is 1. The molecule has 0 aromatic rings. The van der Waals surface area contributed by atoms with Gasteiger partial charge in [0, 0.05) is 12.6 Å². The zero-order valence-electron chi connectivity index (χ0n) is 8.67. The predicted octanol–water partition coefficient (Wildman–Crippen LogP) is -1.43. The molecule has 2 heterocycles. The number of sulfone groups is 1. The SMILES string of the molecule is NC1CCCN(C2CS(=O)(=O)CC2O)C1. The van der Waals surface area contributed by atoms with Gasteiger partial charge in [0.05, 0.1) is 23.7 Å². The summed E-state index contributed by atoms with van der Waals surface area (Å²) < 4.78 is 22.7. The van der Waals surface area contributed by atoms with Crippen LogP contribution in [0.25, 0.3) is 0 Å². The van der Waals surface area contributed by atoms with E-state index >= 15 is 0 Å². The molecule has 3 atom stereocenters. The first-order valence-corrected chi connectivity index (χ1v) is 7.18. The number of rotatable bonds is 1. The minimum Gasteiger partial charge on any atom is -0.390 e. The molecule has 0 aromatic heterocycles. The molecule has 15 heavy (non-hydrogen) atoms. The Kier molecular flexibility index (Phi) is 3.03. The molecule has 2 fully saturated rings. The Bertz CT molecular complexity index is 330. The van der Waals surface area contributed by atoms with Gasteiger partial charge in [-0.1, -0.05) is 0 Å². The maximum Gasteiger partial charge on any atom is 0.154 e. The van der Waals surface area contributed by atoms with E-state index in [9.17, 15) is 13.5 Å². The molecule has 0 spiro atoms. The highest BCUT2D eigenvalue weighted by Gasteiger charge is 2.40. The highest BCUT2D eigenvalue weighted by atomic mass is 32.2. The van der Waals surface area contributed by atoms with Gasteiger partial charge >= 0.3 is 0 Å². The number of nitrogens with zero attached hydrogens (tertiary/aromatic N) is 1. The van der Waals surface area contributed by atoms with E-state index < -0.39 is 15.9 Å². The smallest absolute Gasteiger partial charge is 0.154 e. The summed E-state index contributed by atoms with van der Waals surface area (Å²) in [7, 11) is -3.04. The van der Waals surface area contributed by atoms with Crippen molar-refractivity contribution in [2.24, 2.45) is 5.73 Å². The summed E-state index contributed by atoms with van der Waals surface area (Å²) in [5, 5.41) is 9.70. The van der Waals surface area contributed by atoms with Crippen LogP contribution in [0.2, 0.25) is 0 Å². The molecular weight excluding hydrogens is 216 g/mol. The number of nitrogens with two attached hydrogens (primary N) is 1. The van der Waals surface area contributed by atoms with Crippen LogP contribution in [0.4, 0.5) is 0 Å². The van der Waals surface area contributed by atoms with Crippen LogP contribution in [0.15, 0.2) is 0 Å². The second-order valence-corrected chi connectivity index (χ2v) is 6.76. The van der Waals surface area contributed by atoms with Gasteiger partial charge in [0.2, 0.25) is 0 Å². The maximum absolute atomic E-state index is 11.4. The molecule has 0 saturated carbocycles. The van der Waals surface area contributed by atoms with E-state index in [1.54, 1.807) is 0 Å². The lowest BCUT2D eigenvalue weighted by Gasteiger charge is -2.35. The van der Waals surface area contributed by atoms with Crippen LogP contribution < -0.4 is 5.73 Å². The molecule has 0 bridgehead atoms. The molecule has 3 N–H and O–H groups in total. The molecule has 0 radical (unpaired) electrons. The van der Waals surface area contributed by atoms with Crippen molar-refractivity contribution in [2.75, 3.05) is 24.6 Å². The van der Waals surface area contributed by atoms with Gasteiger partial charge in [-0.25, -0.2) is 8.42 Å². The summed E-state index contributed by atoms with van der Waals surface area (Å²) in [6, 6.07) is -0.115.